The number of carbonyl (C=O) groups excluding carboxylic acids is 1. The van der Waals surface area contributed by atoms with E-state index in [1.165, 1.54) is 0 Å². The Morgan fingerprint density at radius 3 is 3.00 bits per heavy atom. The van der Waals surface area contributed by atoms with Crippen molar-refractivity contribution < 1.29 is 9.53 Å². The summed E-state index contributed by atoms with van der Waals surface area (Å²) in [6.45, 7) is 3.90. The largest absolute Gasteiger partial charge is 0.461 e. The molecule has 0 amide bonds. The van der Waals surface area contributed by atoms with E-state index in [0.29, 0.717) is 29.5 Å². The van der Waals surface area contributed by atoms with Crippen LogP contribution in [0.1, 0.15) is 23.1 Å². The number of imidazole rings is 1. The van der Waals surface area contributed by atoms with Crippen LogP contribution in [0.25, 0.3) is 5.65 Å². The maximum atomic E-state index is 11.7. The number of pyridine rings is 1. The molecular formula is C11H13N3O2. The molecule has 0 unspecified atom stereocenters. The topological polar surface area (TPSA) is 69.6 Å². The van der Waals surface area contributed by atoms with Gasteiger partial charge in [0.1, 0.15) is 17.2 Å². The van der Waals surface area contributed by atoms with E-state index in [9.17, 15) is 4.79 Å². The molecule has 2 heterocycles. The number of nitrogen functional groups attached to an aromatic ring is 1. The van der Waals surface area contributed by atoms with Gasteiger partial charge in [0.15, 0.2) is 0 Å². The third-order valence-corrected chi connectivity index (χ3v) is 2.35. The Bertz CT molecular complexity index is 545. The average Bonchev–Trinajstić information content (AvgIpc) is 2.55. The Labute approximate surface area is 92.8 Å². The second-order valence-electron chi connectivity index (χ2n) is 3.41. The molecule has 0 spiro atoms. The van der Waals surface area contributed by atoms with Crippen molar-refractivity contribution in [1.29, 1.82) is 0 Å². The van der Waals surface area contributed by atoms with Crippen LogP contribution >= 0.6 is 0 Å². The number of anilines is 1. The van der Waals surface area contributed by atoms with Gasteiger partial charge in [-0.2, -0.15) is 0 Å². The van der Waals surface area contributed by atoms with Crippen molar-refractivity contribution in [2.24, 2.45) is 0 Å². The number of aromatic nitrogens is 2. The quantitative estimate of drug-likeness (QED) is 0.775. The normalized spacial score (nSPS) is 10.6. The molecule has 84 valence electrons. The fraction of sp³-hybridized carbons (Fsp3) is 0.273. The predicted molar refractivity (Wildman–Crippen MR) is 60.3 cm³/mol. The second-order valence-corrected chi connectivity index (χ2v) is 3.41. The number of hydrogen-bond acceptors (Lipinski definition) is 4. The molecule has 2 N–H and O–H groups in total. The first-order chi connectivity index (χ1) is 7.65. The highest BCUT2D eigenvalue weighted by molar-refractivity contribution is 5.89. The molecule has 2 rings (SSSR count). The smallest absolute Gasteiger partial charge is 0.355 e. The second kappa shape index (κ2) is 3.84. The molecule has 2 aromatic heterocycles. The van der Waals surface area contributed by atoms with Crippen LogP contribution in [-0.4, -0.2) is 22.0 Å². The average molecular weight is 219 g/mol. The van der Waals surface area contributed by atoms with Gasteiger partial charge in [-0.1, -0.05) is 6.07 Å². The zero-order valence-corrected chi connectivity index (χ0v) is 9.23. The number of nitrogens with two attached hydrogens (primary N) is 1. The van der Waals surface area contributed by atoms with E-state index in [2.05, 4.69) is 4.98 Å². The Morgan fingerprint density at radius 1 is 1.56 bits per heavy atom. The first-order valence-corrected chi connectivity index (χ1v) is 5.05. The number of aryl methyl sites for hydroxylation is 1. The van der Waals surface area contributed by atoms with Crippen molar-refractivity contribution in [3.05, 3.63) is 29.6 Å². The third kappa shape index (κ3) is 1.50. The van der Waals surface area contributed by atoms with Crippen LogP contribution in [0.5, 0.6) is 0 Å². The van der Waals surface area contributed by atoms with Crippen molar-refractivity contribution in [2.75, 3.05) is 12.3 Å². The summed E-state index contributed by atoms with van der Waals surface area (Å²) >= 11 is 0. The van der Waals surface area contributed by atoms with E-state index in [-0.39, 0.29) is 0 Å². The number of rotatable bonds is 2. The molecule has 2 aromatic rings. The molecule has 0 aliphatic rings. The Kier molecular flexibility index (Phi) is 2.52. The minimum absolute atomic E-state index is 0.336. The summed E-state index contributed by atoms with van der Waals surface area (Å²) in [5.74, 6) is 0.0795. The summed E-state index contributed by atoms with van der Waals surface area (Å²) in [6, 6.07) is 5.22. The molecule has 0 radical (unpaired) electrons. The number of nitrogens with zero attached hydrogens (tertiary/aromatic N) is 2. The van der Waals surface area contributed by atoms with E-state index in [4.69, 9.17) is 10.5 Å². The van der Waals surface area contributed by atoms with Gasteiger partial charge >= 0.3 is 5.97 Å². The fourth-order valence-electron chi connectivity index (χ4n) is 1.59. The van der Waals surface area contributed by atoms with Crippen LogP contribution in [0.4, 0.5) is 5.82 Å². The highest BCUT2D eigenvalue weighted by atomic mass is 16.5. The number of carbonyl (C=O) groups is 1. The van der Waals surface area contributed by atoms with Crippen LogP contribution in [0.3, 0.4) is 0 Å². The lowest BCUT2D eigenvalue weighted by atomic mass is 10.3. The standard InChI is InChI=1S/C11H13N3O2/c1-3-16-11(15)8-5-4-6-9-13-7(2)10(12)14(8)9/h4-6H,3,12H2,1-2H3. The lowest BCUT2D eigenvalue weighted by molar-refractivity contribution is 0.0518. The molecule has 0 fully saturated rings. The summed E-state index contributed by atoms with van der Waals surface area (Å²) in [7, 11) is 0. The summed E-state index contributed by atoms with van der Waals surface area (Å²) in [5.41, 5.74) is 7.62. The van der Waals surface area contributed by atoms with Gasteiger partial charge < -0.3 is 10.5 Å². The van der Waals surface area contributed by atoms with Gasteiger partial charge in [-0.3, -0.25) is 4.40 Å². The highest BCUT2D eigenvalue weighted by Gasteiger charge is 2.14. The molecule has 0 atom stereocenters. The summed E-state index contributed by atoms with van der Waals surface area (Å²) in [6.07, 6.45) is 0. The van der Waals surface area contributed by atoms with Crippen molar-refractivity contribution in [2.45, 2.75) is 13.8 Å². The molecular weight excluding hydrogens is 206 g/mol. The Hall–Kier alpha value is -2.04. The third-order valence-electron chi connectivity index (χ3n) is 2.35. The molecule has 0 saturated heterocycles. The van der Waals surface area contributed by atoms with Gasteiger partial charge in [-0.15, -0.1) is 0 Å². The van der Waals surface area contributed by atoms with Gasteiger partial charge in [-0.05, 0) is 26.0 Å². The van der Waals surface area contributed by atoms with Crippen LogP contribution in [0, 0.1) is 6.92 Å². The van der Waals surface area contributed by atoms with Crippen LogP contribution in [-0.2, 0) is 4.74 Å². The first-order valence-electron chi connectivity index (χ1n) is 5.05. The minimum atomic E-state index is -0.391. The number of ether oxygens (including phenoxy) is 1. The van der Waals surface area contributed by atoms with E-state index in [0.717, 1.165) is 0 Å². The predicted octanol–water partition coefficient (Wildman–Crippen LogP) is 1.40. The van der Waals surface area contributed by atoms with E-state index >= 15 is 0 Å². The van der Waals surface area contributed by atoms with Crippen LogP contribution in [0.15, 0.2) is 18.2 Å². The lowest BCUT2D eigenvalue weighted by Crippen LogP contribution is -2.11. The summed E-state index contributed by atoms with van der Waals surface area (Å²) in [5, 5.41) is 0. The SMILES string of the molecule is CCOC(=O)c1cccc2nc(C)c(N)n12. The highest BCUT2D eigenvalue weighted by Crippen LogP contribution is 2.17. The van der Waals surface area contributed by atoms with Crippen molar-refractivity contribution >= 4 is 17.4 Å². The molecule has 0 saturated carbocycles. The first kappa shape index (κ1) is 10.5. The lowest BCUT2D eigenvalue weighted by Gasteiger charge is -2.05. The van der Waals surface area contributed by atoms with Crippen molar-refractivity contribution in [3.8, 4) is 0 Å². The molecule has 0 aliphatic heterocycles. The van der Waals surface area contributed by atoms with Gasteiger partial charge in [0.2, 0.25) is 0 Å². The Morgan fingerprint density at radius 2 is 2.31 bits per heavy atom. The van der Waals surface area contributed by atoms with Gasteiger partial charge in [0, 0.05) is 0 Å². The monoisotopic (exact) mass is 219 g/mol. The number of fused-ring (bicyclic) bond motifs is 1. The number of esters is 1. The van der Waals surface area contributed by atoms with Gasteiger partial charge in [0.25, 0.3) is 0 Å². The molecule has 5 heteroatoms. The number of hydrogen-bond donors (Lipinski definition) is 1. The van der Waals surface area contributed by atoms with Gasteiger partial charge in [-0.25, -0.2) is 9.78 Å². The van der Waals surface area contributed by atoms with Crippen LogP contribution < -0.4 is 5.73 Å². The molecule has 0 bridgehead atoms. The zero-order chi connectivity index (χ0) is 11.7. The zero-order valence-electron chi connectivity index (χ0n) is 9.23. The maximum Gasteiger partial charge on any atom is 0.355 e. The molecule has 16 heavy (non-hydrogen) atoms. The van der Waals surface area contributed by atoms with Gasteiger partial charge in [0.05, 0.1) is 12.3 Å². The fourth-order valence-corrected chi connectivity index (χ4v) is 1.59. The van der Waals surface area contributed by atoms with Crippen LogP contribution in [0.2, 0.25) is 0 Å². The maximum absolute atomic E-state index is 11.7. The molecule has 0 aliphatic carbocycles. The van der Waals surface area contributed by atoms with E-state index in [1.807, 2.05) is 0 Å². The van der Waals surface area contributed by atoms with E-state index in [1.54, 1.807) is 36.4 Å². The van der Waals surface area contributed by atoms with Crippen molar-refractivity contribution in [1.82, 2.24) is 9.38 Å². The van der Waals surface area contributed by atoms with Crippen molar-refractivity contribution in [3.63, 3.8) is 0 Å². The summed E-state index contributed by atoms with van der Waals surface area (Å²) in [4.78, 5) is 15.9. The molecule has 0 aromatic carbocycles. The minimum Gasteiger partial charge on any atom is -0.461 e. The summed E-state index contributed by atoms with van der Waals surface area (Å²) < 4.78 is 6.56. The van der Waals surface area contributed by atoms with E-state index < -0.39 is 5.97 Å². The Balaban J connectivity index is 2.65. The molecule has 5 nitrogen and oxygen atoms in total.